The molecule has 0 unspecified atom stereocenters. The fourth-order valence-corrected chi connectivity index (χ4v) is 4.37. The number of rotatable bonds is 1. The highest BCUT2D eigenvalue weighted by molar-refractivity contribution is 5.87. The summed E-state index contributed by atoms with van der Waals surface area (Å²) in [6, 6.07) is 0. The fraction of sp³-hybridized carbons (Fsp3) is 0.909. The van der Waals surface area contributed by atoms with Crippen molar-refractivity contribution in [1.82, 2.24) is 5.43 Å². The van der Waals surface area contributed by atoms with Gasteiger partial charge in [0.15, 0.2) is 5.60 Å². The Morgan fingerprint density at radius 2 is 2.27 bits per heavy atom. The maximum Gasteiger partial charge on any atom is 0.266 e. The van der Waals surface area contributed by atoms with Gasteiger partial charge < -0.3 is 4.74 Å². The van der Waals surface area contributed by atoms with Crippen LogP contribution in [0.4, 0.5) is 0 Å². The molecule has 3 N–H and O–H groups in total. The maximum absolute atomic E-state index is 12.0. The van der Waals surface area contributed by atoms with Gasteiger partial charge in [0.2, 0.25) is 0 Å². The Labute approximate surface area is 89.5 Å². The highest BCUT2D eigenvalue weighted by Gasteiger charge is 2.78. The van der Waals surface area contributed by atoms with Crippen molar-refractivity contribution in [2.45, 2.75) is 38.7 Å². The molecule has 0 spiro atoms. The van der Waals surface area contributed by atoms with Crippen LogP contribution in [0, 0.1) is 16.7 Å². The second kappa shape index (κ2) is 2.38. The molecule has 1 saturated heterocycles. The summed E-state index contributed by atoms with van der Waals surface area (Å²) >= 11 is 0. The number of nitrogens with one attached hydrogen (secondary N) is 1. The van der Waals surface area contributed by atoms with Gasteiger partial charge in [0, 0.05) is 10.8 Å². The standard InChI is InChI=1S/C11H18N2O2/c1-9-6-15-11(8(14)13-12)5-7(9)3-4-10(9,11)2/h7H,3-6,12H2,1-2H3,(H,13,14)/t7-,9-,10+,11-/m1/s1. The Hall–Kier alpha value is -0.610. The van der Waals surface area contributed by atoms with Crippen molar-refractivity contribution in [1.29, 1.82) is 0 Å². The summed E-state index contributed by atoms with van der Waals surface area (Å²) in [5, 5.41) is 0. The molecule has 1 amide bonds. The van der Waals surface area contributed by atoms with Crippen LogP contribution in [-0.2, 0) is 9.53 Å². The van der Waals surface area contributed by atoms with E-state index in [-0.39, 0.29) is 16.7 Å². The maximum atomic E-state index is 12.0. The monoisotopic (exact) mass is 210 g/mol. The fourth-order valence-electron chi connectivity index (χ4n) is 4.37. The first-order valence-corrected chi connectivity index (χ1v) is 5.65. The number of carbonyl (C=O) groups is 1. The van der Waals surface area contributed by atoms with Gasteiger partial charge in [-0.15, -0.1) is 0 Å². The van der Waals surface area contributed by atoms with Gasteiger partial charge in [-0.3, -0.25) is 10.2 Å². The average Bonchev–Trinajstić information content (AvgIpc) is 2.70. The van der Waals surface area contributed by atoms with Gasteiger partial charge in [0.05, 0.1) is 6.61 Å². The minimum Gasteiger partial charge on any atom is -0.364 e. The molecular weight excluding hydrogens is 192 g/mol. The van der Waals surface area contributed by atoms with E-state index in [0.717, 1.165) is 12.8 Å². The SMILES string of the molecule is C[C@@]12CC[C@@H]3C[C@]1(C(=O)NN)OC[C@]32C. The molecule has 4 heteroatoms. The number of hydrazine groups is 1. The van der Waals surface area contributed by atoms with Crippen molar-refractivity contribution in [2.24, 2.45) is 22.6 Å². The Bertz CT molecular complexity index is 345. The third kappa shape index (κ3) is 0.712. The van der Waals surface area contributed by atoms with Gasteiger partial charge in [-0.1, -0.05) is 13.8 Å². The van der Waals surface area contributed by atoms with Crippen LogP contribution in [0.5, 0.6) is 0 Å². The molecule has 84 valence electrons. The average molecular weight is 210 g/mol. The van der Waals surface area contributed by atoms with Gasteiger partial charge in [-0.05, 0) is 25.2 Å². The van der Waals surface area contributed by atoms with E-state index < -0.39 is 5.60 Å². The first-order valence-electron chi connectivity index (χ1n) is 5.65. The normalized spacial score (nSPS) is 56.1. The summed E-state index contributed by atoms with van der Waals surface area (Å²) in [6.07, 6.45) is 3.17. The number of hydrogen-bond donors (Lipinski definition) is 2. The number of carbonyl (C=O) groups excluding carboxylic acids is 1. The molecule has 3 fully saturated rings. The highest BCUT2D eigenvalue weighted by Crippen LogP contribution is 2.74. The molecule has 1 heterocycles. The van der Waals surface area contributed by atoms with E-state index in [1.807, 2.05) is 0 Å². The summed E-state index contributed by atoms with van der Waals surface area (Å²) in [5.74, 6) is 5.79. The Morgan fingerprint density at radius 3 is 2.80 bits per heavy atom. The van der Waals surface area contributed by atoms with E-state index in [1.54, 1.807) is 0 Å². The number of nitrogens with two attached hydrogens (primary N) is 1. The third-order valence-corrected chi connectivity index (χ3v) is 5.70. The van der Waals surface area contributed by atoms with Gasteiger partial charge >= 0.3 is 0 Å². The lowest BCUT2D eigenvalue weighted by molar-refractivity contribution is -0.155. The molecular formula is C11H18N2O2. The van der Waals surface area contributed by atoms with Crippen LogP contribution in [0.2, 0.25) is 0 Å². The van der Waals surface area contributed by atoms with E-state index in [0.29, 0.717) is 12.5 Å². The molecule has 3 rings (SSSR count). The van der Waals surface area contributed by atoms with E-state index in [4.69, 9.17) is 10.6 Å². The molecule has 0 aromatic heterocycles. The quantitative estimate of drug-likeness (QED) is 0.378. The zero-order valence-corrected chi connectivity index (χ0v) is 9.30. The first kappa shape index (κ1) is 9.60. The lowest BCUT2D eigenvalue weighted by Gasteiger charge is -2.39. The number of hydrogen-bond acceptors (Lipinski definition) is 3. The Balaban J connectivity index is 2.12. The molecule has 0 aromatic carbocycles. The molecule has 2 saturated carbocycles. The summed E-state index contributed by atoms with van der Waals surface area (Å²) in [4.78, 5) is 12.0. The van der Waals surface area contributed by atoms with Crippen molar-refractivity contribution in [3.8, 4) is 0 Å². The highest BCUT2D eigenvalue weighted by atomic mass is 16.5. The molecule has 0 radical (unpaired) electrons. The molecule has 4 atom stereocenters. The minimum absolute atomic E-state index is 0.0197. The lowest BCUT2D eigenvalue weighted by atomic mass is 9.66. The second-order valence-corrected chi connectivity index (χ2v) is 5.78. The van der Waals surface area contributed by atoms with Crippen LogP contribution in [0.25, 0.3) is 0 Å². The van der Waals surface area contributed by atoms with Crippen LogP contribution >= 0.6 is 0 Å². The van der Waals surface area contributed by atoms with Crippen LogP contribution in [-0.4, -0.2) is 18.1 Å². The zero-order valence-electron chi connectivity index (χ0n) is 9.30. The molecule has 1 aliphatic heterocycles. The molecule has 3 aliphatic rings. The van der Waals surface area contributed by atoms with E-state index in [2.05, 4.69) is 19.3 Å². The van der Waals surface area contributed by atoms with Crippen molar-refractivity contribution in [3.63, 3.8) is 0 Å². The summed E-state index contributed by atoms with van der Waals surface area (Å²) in [5.41, 5.74) is 1.81. The number of ether oxygens (including phenoxy) is 1. The lowest BCUT2D eigenvalue weighted by Crippen LogP contribution is -2.56. The predicted molar refractivity (Wildman–Crippen MR) is 54.6 cm³/mol. The summed E-state index contributed by atoms with van der Waals surface area (Å²) in [7, 11) is 0. The van der Waals surface area contributed by atoms with Gasteiger partial charge in [0.25, 0.3) is 5.91 Å². The Morgan fingerprint density at radius 1 is 1.53 bits per heavy atom. The topological polar surface area (TPSA) is 64.4 Å². The minimum atomic E-state index is -0.639. The summed E-state index contributed by atoms with van der Waals surface area (Å²) in [6.45, 7) is 5.17. The van der Waals surface area contributed by atoms with Gasteiger partial charge in [0.1, 0.15) is 0 Å². The van der Waals surface area contributed by atoms with E-state index in [1.165, 1.54) is 6.42 Å². The molecule has 4 nitrogen and oxygen atoms in total. The van der Waals surface area contributed by atoms with Crippen molar-refractivity contribution < 1.29 is 9.53 Å². The van der Waals surface area contributed by atoms with E-state index in [9.17, 15) is 4.79 Å². The van der Waals surface area contributed by atoms with Crippen molar-refractivity contribution in [3.05, 3.63) is 0 Å². The smallest absolute Gasteiger partial charge is 0.266 e. The van der Waals surface area contributed by atoms with Crippen LogP contribution in [0.1, 0.15) is 33.1 Å². The van der Waals surface area contributed by atoms with Gasteiger partial charge in [-0.2, -0.15) is 0 Å². The van der Waals surface area contributed by atoms with Crippen LogP contribution in [0.3, 0.4) is 0 Å². The number of amides is 1. The van der Waals surface area contributed by atoms with Crippen molar-refractivity contribution >= 4 is 5.91 Å². The molecule has 15 heavy (non-hydrogen) atoms. The van der Waals surface area contributed by atoms with Gasteiger partial charge in [-0.25, -0.2) is 5.84 Å². The van der Waals surface area contributed by atoms with Crippen molar-refractivity contribution in [2.75, 3.05) is 6.61 Å². The second-order valence-electron chi connectivity index (χ2n) is 5.78. The third-order valence-electron chi connectivity index (χ3n) is 5.70. The zero-order chi connectivity index (χ0) is 10.9. The van der Waals surface area contributed by atoms with Crippen LogP contribution < -0.4 is 11.3 Å². The molecule has 0 aromatic rings. The molecule has 4 bridgehead atoms. The van der Waals surface area contributed by atoms with Crippen LogP contribution in [0.15, 0.2) is 0 Å². The predicted octanol–water partition coefficient (Wildman–Crippen LogP) is 0.572. The largest absolute Gasteiger partial charge is 0.364 e. The van der Waals surface area contributed by atoms with E-state index >= 15 is 0 Å². The first-order chi connectivity index (χ1) is 7.00. The summed E-state index contributed by atoms with van der Waals surface area (Å²) < 4.78 is 5.84. The molecule has 2 aliphatic carbocycles. The Kier molecular flexibility index (Phi) is 1.52.